The van der Waals surface area contributed by atoms with Crippen molar-refractivity contribution >= 4 is 5.78 Å². The van der Waals surface area contributed by atoms with Gasteiger partial charge in [0.1, 0.15) is 5.78 Å². The minimum absolute atomic E-state index is 0.142. The van der Waals surface area contributed by atoms with Gasteiger partial charge in [0, 0.05) is 19.1 Å². The van der Waals surface area contributed by atoms with Crippen LogP contribution in [0.5, 0.6) is 0 Å². The Kier molecular flexibility index (Phi) is 6.39. The summed E-state index contributed by atoms with van der Waals surface area (Å²) >= 11 is 0. The van der Waals surface area contributed by atoms with Crippen molar-refractivity contribution in [2.75, 3.05) is 13.7 Å². The van der Waals surface area contributed by atoms with E-state index in [0.717, 1.165) is 45.1 Å². The number of rotatable bonds is 7. The highest BCUT2D eigenvalue weighted by Crippen LogP contribution is 2.57. The molecule has 1 saturated carbocycles. The molecule has 0 radical (unpaired) electrons. The van der Waals surface area contributed by atoms with Crippen molar-refractivity contribution in [3.63, 3.8) is 0 Å². The van der Waals surface area contributed by atoms with Crippen LogP contribution in [0.25, 0.3) is 0 Å². The summed E-state index contributed by atoms with van der Waals surface area (Å²) in [7, 11) is 1.79. The molecule has 2 aliphatic carbocycles. The second kappa shape index (κ2) is 8.30. The van der Waals surface area contributed by atoms with Crippen molar-refractivity contribution in [2.24, 2.45) is 11.3 Å². The molecule has 2 aliphatic rings. The van der Waals surface area contributed by atoms with Gasteiger partial charge in [-0.15, -0.1) is 0 Å². The molecule has 0 bridgehead atoms. The summed E-state index contributed by atoms with van der Waals surface area (Å²) in [6.07, 6.45) is 9.16. The fourth-order valence-corrected chi connectivity index (χ4v) is 6.32. The van der Waals surface area contributed by atoms with Crippen LogP contribution in [0.15, 0.2) is 12.1 Å². The third-order valence-corrected chi connectivity index (χ3v) is 8.08. The Balaban J connectivity index is 2.01. The second-order valence-electron chi connectivity index (χ2n) is 10.1. The number of Topliss-reactive ketones (excluding diaryl/α,β-unsaturated/α-hetero) is 1. The molecule has 2 heteroatoms. The van der Waals surface area contributed by atoms with Crippen LogP contribution in [0, 0.1) is 11.3 Å². The summed E-state index contributed by atoms with van der Waals surface area (Å²) < 4.78 is 5.25. The average molecular weight is 385 g/mol. The first-order valence-corrected chi connectivity index (χ1v) is 11.4. The van der Waals surface area contributed by atoms with Gasteiger partial charge in [-0.2, -0.15) is 0 Å². The highest BCUT2D eigenvalue weighted by molar-refractivity contribution is 5.83. The maximum absolute atomic E-state index is 12.6. The van der Waals surface area contributed by atoms with Gasteiger partial charge in [0.15, 0.2) is 0 Å². The first kappa shape index (κ1) is 21.6. The van der Waals surface area contributed by atoms with Crippen LogP contribution < -0.4 is 0 Å². The van der Waals surface area contributed by atoms with Gasteiger partial charge in [0.2, 0.25) is 0 Å². The standard InChI is InChI=1S/C26H40O2/c1-18(2)22-16-21-11-12-24-25(4,19(3)27)13-9-14-26(24,5)23(21)17-20(22)10-7-8-15-28-6/h16-18,24H,7-15H2,1-6H3. The number of carbonyl (C=O) groups is 1. The molecule has 0 amide bonds. The average Bonchev–Trinajstić information content (AvgIpc) is 2.64. The molecule has 0 aromatic heterocycles. The molecule has 0 N–H and O–H groups in total. The van der Waals surface area contributed by atoms with Gasteiger partial charge in [-0.25, -0.2) is 0 Å². The van der Waals surface area contributed by atoms with Crippen molar-refractivity contribution in [1.82, 2.24) is 0 Å². The Morgan fingerprint density at radius 1 is 1.21 bits per heavy atom. The molecule has 0 spiro atoms. The third-order valence-electron chi connectivity index (χ3n) is 8.08. The van der Waals surface area contributed by atoms with Crippen LogP contribution >= 0.6 is 0 Å². The maximum atomic E-state index is 12.6. The Labute approximate surface area is 172 Å². The summed E-state index contributed by atoms with van der Waals surface area (Å²) in [5.41, 5.74) is 6.16. The molecule has 1 fully saturated rings. The van der Waals surface area contributed by atoms with Crippen LogP contribution in [0.4, 0.5) is 0 Å². The third kappa shape index (κ3) is 3.70. The summed E-state index contributed by atoms with van der Waals surface area (Å²) in [4.78, 5) is 12.6. The Morgan fingerprint density at radius 2 is 1.96 bits per heavy atom. The fourth-order valence-electron chi connectivity index (χ4n) is 6.32. The fraction of sp³-hybridized carbons (Fsp3) is 0.731. The van der Waals surface area contributed by atoms with E-state index in [1.807, 2.05) is 6.92 Å². The van der Waals surface area contributed by atoms with E-state index in [-0.39, 0.29) is 10.8 Å². The molecule has 3 atom stereocenters. The maximum Gasteiger partial charge on any atom is 0.135 e. The Bertz CT molecular complexity index is 719. The highest BCUT2D eigenvalue weighted by atomic mass is 16.5. The zero-order valence-electron chi connectivity index (χ0n) is 19.0. The van der Waals surface area contributed by atoms with Crippen molar-refractivity contribution in [3.05, 3.63) is 34.4 Å². The van der Waals surface area contributed by atoms with Gasteiger partial charge in [-0.1, -0.05) is 46.2 Å². The number of carbonyl (C=O) groups excluding carboxylic acids is 1. The predicted molar refractivity (Wildman–Crippen MR) is 117 cm³/mol. The van der Waals surface area contributed by atoms with Crippen LogP contribution in [0.2, 0.25) is 0 Å². The molecule has 1 aromatic carbocycles. The highest BCUT2D eigenvalue weighted by Gasteiger charge is 2.53. The lowest BCUT2D eigenvalue weighted by atomic mass is 9.49. The molecule has 156 valence electrons. The SMILES string of the molecule is COCCCCc1cc2c(cc1C(C)C)CCC1C(C)(C(C)=O)CCCC21C. The topological polar surface area (TPSA) is 26.3 Å². The zero-order valence-corrected chi connectivity index (χ0v) is 19.0. The van der Waals surface area contributed by atoms with E-state index >= 15 is 0 Å². The molecule has 1 aromatic rings. The normalized spacial score (nSPS) is 29.5. The van der Waals surface area contributed by atoms with E-state index in [4.69, 9.17) is 4.74 Å². The first-order chi connectivity index (χ1) is 13.2. The predicted octanol–water partition coefficient (Wildman–Crippen LogP) is 6.38. The van der Waals surface area contributed by atoms with Crippen molar-refractivity contribution in [2.45, 2.75) is 97.3 Å². The van der Waals surface area contributed by atoms with Crippen LogP contribution in [-0.2, 0) is 27.8 Å². The van der Waals surface area contributed by atoms with Crippen LogP contribution in [0.3, 0.4) is 0 Å². The van der Waals surface area contributed by atoms with Crippen molar-refractivity contribution < 1.29 is 9.53 Å². The molecule has 28 heavy (non-hydrogen) atoms. The monoisotopic (exact) mass is 384 g/mol. The van der Waals surface area contributed by atoms with E-state index in [1.54, 1.807) is 18.2 Å². The molecule has 2 nitrogen and oxygen atoms in total. The van der Waals surface area contributed by atoms with Crippen LogP contribution in [0.1, 0.15) is 101 Å². The number of ether oxygens (including phenoxy) is 1. The molecule has 0 saturated heterocycles. The van der Waals surface area contributed by atoms with E-state index < -0.39 is 0 Å². The molecule has 3 rings (SSSR count). The zero-order chi connectivity index (χ0) is 20.5. The largest absolute Gasteiger partial charge is 0.385 e. The van der Waals surface area contributed by atoms with Gasteiger partial charge in [0.25, 0.3) is 0 Å². The van der Waals surface area contributed by atoms with E-state index in [0.29, 0.717) is 17.6 Å². The summed E-state index contributed by atoms with van der Waals surface area (Å²) in [6, 6.07) is 5.07. The van der Waals surface area contributed by atoms with Crippen LogP contribution in [-0.4, -0.2) is 19.5 Å². The van der Waals surface area contributed by atoms with Gasteiger partial charge in [-0.3, -0.25) is 4.79 Å². The number of unbranched alkanes of at least 4 members (excludes halogenated alkanes) is 1. The van der Waals surface area contributed by atoms with Gasteiger partial charge in [-0.05, 0) is 91.4 Å². The minimum Gasteiger partial charge on any atom is -0.385 e. The lowest BCUT2D eigenvalue weighted by molar-refractivity contribution is -0.134. The lowest BCUT2D eigenvalue weighted by Gasteiger charge is -2.54. The number of methoxy groups -OCH3 is 1. The number of benzene rings is 1. The van der Waals surface area contributed by atoms with Gasteiger partial charge in [0.05, 0.1) is 0 Å². The first-order valence-electron chi connectivity index (χ1n) is 11.4. The molecule has 0 aliphatic heterocycles. The molecule has 3 unspecified atom stereocenters. The smallest absolute Gasteiger partial charge is 0.135 e. The van der Waals surface area contributed by atoms with E-state index in [9.17, 15) is 4.79 Å². The summed E-state index contributed by atoms with van der Waals surface area (Å²) in [5.74, 6) is 1.43. The van der Waals surface area contributed by atoms with Gasteiger partial charge < -0.3 is 4.74 Å². The number of aryl methyl sites for hydroxylation is 2. The summed E-state index contributed by atoms with van der Waals surface area (Å²) in [5, 5.41) is 0. The quantitative estimate of drug-likeness (QED) is 0.510. The minimum atomic E-state index is -0.153. The summed E-state index contributed by atoms with van der Waals surface area (Å²) in [6.45, 7) is 12.0. The van der Waals surface area contributed by atoms with Crippen molar-refractivity contribution in [1.29, 1.82) is 0 Å². The molecular formula is C26H40O2. The number of hydrogen-bond acceptors (Lipinski definition) is 2. The lowest BCUT2D eigenvalue weighted by Crippen LogP contribution is -2.51. The molecule has 0 heterocycles. The Morgan fingerprint density at radius 3 is 2.61 bits per heavy atom. The second-order valence-corrected chi connectivity index (χ2v) is 10.1. The Hall–Kier alpha value is -1.15. The van der Waals surface area contributed by atoms with Crippen molar-refractivity contribution in [3.8, 4) is 0 Å². The van der Waals surface area contributed by atoms with Gasteiger partial charge >= 0.3 is 0 Å². The molecular weight excluding hydrogens is 344 g/mol. The number of ketones is 1. The van der Waals surface area contributed by atoms with E-state index in [2.05, 4.69) is 39.8 Å². The van der Waals surface area contributed by atoms with E-state index in [1.165, 1.54) is 24.0 Å². The number of fused-ring (bicyclic) bond motifs is 3. The number of hydrogen-bond donors (Lipinski definition) is 0.